The first-order valence-corrected chi connectivity index (χ1v) is 5.80. The van der Waals surface area contributed by atoms with Crippen LogP contribution < -0.4 is 4.74 Å². The number of ether oxygens (including phenoxy) is 1. The largest absolute Gasteiger partial charge is 0.493 e. The van der Waals surface area contributed by atoms with Crippen LogP contribution in [0.1, 0.15) is 23.1 Å². The average Bonchev–Trinajstić information content (AvgIpc) is 2.20. The van der Waals surface area contributed by atoms with Crippen LogP contribution in [0.5, 0.6) is 5.75 Å². The Morgan fingerprint density at radius 1 is 1.25 bits per heavy atom. The van der Waals surface area contributed by atoms with Crippen LogP contribution in [0.15, 0.2) is 17.1 Å². The predicted molar refractivity (Wildman–Crippen MR) is 70.7 cm³/mol. The van der Waals surface area contributed by atoms with E-state index in [2.05, 4.69) is 55.3 Å². The fourth-order valence-electron chi connectivity index (χ4n) is 1.76. The fraction of sp³-hybridized carbons (Fsp3) is 0.462. The van der Waals surface area contributed by atoms with Crippen molar-refractivity contribution in [3.05, 3.63) is 28.8 Å². The highest BCUT2D eigenvalue weighted by molar-refractivity contribution is 7.78. The van der Waals surface area contributed by atoms with E-state index in [1.54, 1.807) is 0 Å². The molecule has 0 unspecified atom stereocenters. The average molecular weight is 235 g/mol. The van der Waals surface area contributed by atoms with Crippen molar-refractivity contribution in [2.75, 3.05) is 13.2 Å². The highest BCUT2D eigenvalue weighted by Crippen LogP contribution is 2.24. The second-order valence-electron chi connectivity index (χ2n) is 3.90. The number of hydrogen-bond donors (Lipinski definition) is 0. The number of isothiocyanates is 1. The Hall–Kier alpha value is -1.18. The van der Waals surface area contributed by atoms with E-state index in [9.17, 15) is 0 Å². The molecular weight excluding hydrogens is 218 g/mol. The molecule has 0 spiro atoms. The summed E-state index contributed by atoms with van der Waals surface area (Å²) in [5.41, 5.74) is 3.65. The van der Waals surface area contributed by atoms with Gasteiger partial charge in [-0.05, 0) is 44.1 Å². The minimum atomic E-state index is 0.672. The van der Waals surface area contributed by atoms with Gasteiger partial charge in [0.05, 0.1) is 18.3 Å². The summed E-state index contributed by atoms with van der Waals surface area (Å²) in [6, 6.07) is 4.27. The summed E-state index contributed by atoms with van der Waals surface area (Å²) in [6.07, 6.45) is 0.871. The highest BCUT2D eigenvalue weighted by Gasteiger charge is 2.04. The van der Waals surface area contributed by atoms with E-state index in [-0.39, 0.29) is 0 Å². The Kier molecular flexibility index (Phi) is 5.17. The Morgan fingerprint density at radius 2 is 1.88 bits per heavy atom. The van der Waals surface area contributed by atoms with Gasteiger partial charge < -0.3 is 4.74 Å². The number of aliphatic imine (C=N–C) groups is 1. The summed E-state index contributed by atoms with van der Waals surface area (Å²) < 4.78 is 5.75. The Bertz CT molecular complexity index is 385. The maximum Gasteiger partial charge on any atom is 0.125 e. The standard InChI is InChI=1S/C13H17NOS/c1-10-7-11(2)13(12(3)8-10)15-6-4-5-14-9-16/h7-8H,4-6H2,1-3H3. The van der Waals surface area contributed by atoms with Crippen molar-refractivity contribution >= 4 is 17.4 Å². The molecule has 0 saturated heterocycles. The predicted octanol–water partition coefficient (Wildman–Crippen LogP) is 3.48. The third-order valence-electron chi connectivity index (χ3n) is 2.33. The quantitative estimate of drug-likeness (QED) is 0.443. The minimum Gasteiger partial charge on any atom is -0.493 e. The zero-order chi connectivity index (χ0) is 12.0. The number of hydrogen-bond acceptors (Lipinski definition) is 3. The summed E-state index contributed by atoms with van der Waals surface area (Å²) in [4.78, 5) is 3.85. The van der Waals surface area contributed by atoms with E-state index < -0.39 is 0 Å². The number of thiocarbonyl (C=S) groups is 1. The van der Waals surface area contributed by atoms with Gasteiger partial charge in [0.2, 0.25) is 0 Å². The van der Waals surface area contributed by atoms with Gasteiger partial charge in [-0.25, -0.2) is 4.99 Å². The van der Waals surface area contributed by atoms with Crippen LogP contribution in [0.3, 0.4) is 0 Å². The monoisotopic (exact) mass is 235 g/mol. The lowest BCUT2D eigenvalue weighted by atomic mass is 10.1. The highest BCUT2D eigenvalue weighted by atomic mass is 32.1. The normalized spacial score (nSPS) is 9.69. The maximum absolute atomic E-state index is 5.75. The molecule has 0 aromatic heterocycles. The van der Waals surface area contributed by atoms with Crippen LogP contribution in [0, 0.1) is 20.8 Å². The van der Waals surface area contributed by atoms with Crippen molar-refractivity contribution in [3.63, 3.8) is 0 Å². The van der Waals surface area contributed by atoms with E-state index in [1.807, 2.05) is 0 Å². The smallest absolute Gasteiger partial charge is 0.125 e. The lowest BCUT2D eigenvalue weighted by molar-refractivity contribution is 0.309. The molecule has 0 radical (unpaired) electrons. The lowest BCUT2D eigenvalue weighted by Crippen LogP contribution is -2.02. The summed E-state index contributed by atoms with van der Waals surface area (Å²) >= 11 is 4.49. The molecule has 0 heterocycles. The molecule has 2 nitrogen and oxygen atoms in total. The number of benzene rings is 1. The molecule has 0 N–H and O–H groups in total. The zero-order valence-electron chi connectivity index (χ0n) is 10.0. The van der Waals surface area contributed by atoms with E-state index in [1.165, 1.54) is 16.7 Å². The topological polar surface area (TPSA) is 21.6 Å². The van der Waals surface area contributed by atoms with Crippen LogP contribution in [0.4, 0.5) is 0 Å². The van der Waals surface area contributed by atoms with Gasteiger partial charge in [0, 0.05) is 6.42 Å². The first-order valence-electron chi connectivity index (χ1n) is 5.39. The summed E-state index contributed by atoms with van der Waals surface area (Å²) in [5.74, 6) is 0.997. The van der Waals surface area contributed by atoms with Crippen molar-refractivity contribution < 1.29 is 4.74 Å². The van der Waals surface area contributed by atoms with Crippen LogP contribution in [-0.2, 0) is 0 Å². The first kappa shape index (κ1) is 12.9. The van der Waals surface area contributed by atoms with Gasteiger partial charge in [-0.3, -0.25) is 0 Å². The van der Waals surface area contributed by atoms with Gasteiger partial charge in [0.25, 0.3) is 0 Å². The molecule has 0 bridgehead atoms. The Labute approximate surface area is 102 Å². The molecule has 0 saturated carbocycles. The molecule has 1 rings (SSSR count). The van der Waals surface area contributed by atoms with Crippen molar-refractivity contribution in [2.45, 2.75) is 27.2 Å². The molecule has 3 heteroatoms. The molecular formula is C13H17NOS. The maximum atomic E-state index is 5.75. The van der Waals surface area contributed by atoms with E-state index in [0.717, 1.165) is 12.2 Å². The van der Waals surface area contributed by atoms with Gasteiger partial charge in [-0.2, -0.15) is 0 Å². The Balaban J connectivity index is 2.57. The van der Waals surface area contributed by atoms with Gasteiger partial charge >= 0.3 is 0 Å². The second kappa shape index (κ2) is 6.41. The van der Waals surface area contributed by atoms with Gasteiger partial charge in [-0.15, -0.1) is 0 Å². The number of aryl methyl sites for hydroxylation is 3. The molecule has 0 aliphatic carbocycles. The first-order chi connectivity index (χ1) is 7.65. The molecule has 16 heavy (non-hydrogen) atoms. The van der Waals surface area contributed by atoms with Gasteiger partial charge in [0.1, 0.15) is 5.75 Å². The summed E-state index contributed by atoms with van der Waals surface area (Å²) in [5, 5.41) is 2.35. The fourth-order valence-corrected chi connectivity index (χ4v) is 1.85. The van der Waals surface area contributed by atoms with Crippen LogP contribution >= 0.6 is 12.2 Å². The lowest BCUT2D eigenvalue weighted by Gasteiger charge is -2.12. The molecule has 0 fully saturated rings. The van der Waals surface area contributed by atoms with E-state index in [4.69, 9.17) is 4.74 Å². The van der Waals surface area contributed by atoms with E-state index in [0.29, 0.717) is 13.2 Å². The van der Waals surface area contributed by atoms with Crippen molar-refractivity contribution in [2.24, 2.45) is 4.99 Å². The number of rotatable bonds is 5. The second-order valence-corrected chi connectivity index (χ2v) is 4.09. The van der Waals surface area contributed by atoms with Crippen molar-refractivity contribution in [1.29, 1.82) is 0 Å². The Morgan fingerprint density at radius 3 is 2.44 bits per heavy atom. The molecule has 0 atom stereocenters. The molecule has 0 aliphatic heterocycles. The van der Waals surface area contributed by atoms with Crippen molar-refractivity contribution in [1.82, 2.24) is 0 Å². The molecule has 1 aromatic rings. The molecule has 86 valence electrons. The number of nitrogens with zero attached hydrogens (tertiary/aromatic N) is 1. The minimum absolute atomic E-state index is 0.672. The van der Waals surface area contributed by atoms with Gasteiger partial charge in [-0.1, -0.05) is 17.7 Å². The molecule has 0 aliphatic rings. The van der Waals surface area contributed by atoms with E-state index >= 15 is 0 Å². The third kappa shape index (κ3) is 3.76. The summed E-state index contributed by atoms with van der Waals surface area (Å²) in [6.45, 7) is 7.60. The zero-order valence-corrected chi connectivity index (χ0v) is 10.9. The van der Waals surface area contributed by atoms with Crippen LogP contribution in [-0.4, -0.2) is 18.3 Å². The summed E-state index contributed by atoms with van der Waals surface area (Å²) in [7, 11) is 0. The molecule has 1 aromatic carbocycles. The SMILES string of the molecule is Cc1cc(C)c(OCCCN=C=S)c(C)c1. The third-order valence-corrected chi connectivity index (χ3v) is 2.46. The van der Waals surface area contributed by atoms with Crippen LogP contribution in [0.2, 0.25) is 0 Å². The van der Waals surface area contributed by atoms with Gasteiger partial charge in [0.15, 0.2) is 0 Å². The van der Waals surface area contributed by atoms with Crippen molar-refractivity contribution in [3.8, 4) is 5.75 Å². The molecule has 0 amide bonds. The van der Waals surface area contributed by atoms with Crippen LogP contribution in [0.25, 0.3) is 0 Å².